The van der Waals surface area contributed by atoms with Crippen LogP contribution in [0, 0.1) is 8.99 Å². The number of benzene rings is 3. The van der Waals surface area contributed by atoms with Gasteiger partial charge in [0.25, 0.3) is 0 Å². The van der Waals surface area contributed by atoms with Gasteiger partial charge >= 0.3 is 0 Å². The Balaban J connectivity index is 1.08. The lowest BCUT2D eigenvalue weighted by atomic mass is 9.90. The number of amides is 8. The highest BCUT2D eigenvalue weighted by atomic mass is 127. The summed E-state index contributed by atoms with van der Waals surface area (Å²) in [6.07, 6.45) is 2.27. The number of nitrogens with zero attached hydrogens (tertiary/aromatic N) is 1. The third-order valence-corrected chi connectivity index (χ3v) is 16.9. The molecule has 1 saturated heterocycles. The number of aliphatic imine (C=N–C) groups is 1. The van der Waals surface area contributed by atoms with Crippen molar-refractivity contribution in [2.45, 2.75) is 107 Å². The van der Waals surface area contributed by atoms with Crippen molar-refractivity contribution >= 4 is 92.9 Å². The van der Waals surface area contributed by atoms with E-state index in [0.29, 0.717) is 92.9 Å². The van der Waals surface area contributed by atoms with E-state index in [1.54, 1.807) is 19.2 Å². The van der Waals surface area contributed by atoms with Crippen LogP contribution in [0.25, 0.3) is 10.8 Å². The number of rotatable bonds is 44. The molecule has 1 aliphatic rings. The Morgan fingerprint density at radius 3 is 1.72 bits per heavy atom. The number of phenolic OH excluding ortho intramolecular Hbond substituents is 1. The van der Waals surface area contributed by atoms with Gasteiger partial charge in [0, 0.05) is 129 Å². The maximum Gasteiger partial charge on any atom is 0.243 e. The first-order chi connectivity index (χ1) is 47.2. The van der Waals surface area contributed by atoms with Crippen molar-refractivity contribution in [2.75, 3.05) is 145 Å². The Morgan fingerprint density at radius 2 is 1.13 bits per heavy atom. The summed E-state index contributed by atoms with van der Waals surface area (Å²) in [6.45, 7) is 10.4. The van der Waals surface area contributed by atoms with Gasteiger partial charge < -0.3 is 116 Å². The third-order valence-electron chi connectivity index (χ3n) is 16.1. The minimum atomic E-state index is -1.23. The van der Waals surface area contributed by atoms with Crippen LogP contribution in [0.1, 0.15) is 75.8 Å². The SMILES string of the molecule is CN[C@H](CCCNC(=O)CCC(=O)NCCOCCOCCOCCNC(=O)CCCC(=O)NC1(CN)CNCCNCC(C)(CN)CNCCNC1)C(=O)N[C@@H](CCCN=C(N)N)C(=O)N[C@@H](Cc1ccc2ccccc2c1)C(=O)NCC(=O)N[C@@H](C=O)Cc1ccc(O)c(I)c1. The van der Waals surface area contributed by atoms with Crippen molar-refractivity contribution < 1.29 is 62.5 Å². The van der Waals surface area contributed by atoms with Crippen molar-refractivity contribution in [1.82, 2.24) is 69.1 Å². The zero-order chi connectivity index (χ0) is 71.4. The number of phenols is 1. The van der Waals surface area contributed by atoms with Gasteiger partial charge in [-0.25, -0.2) is 0 Å². The average Bonchev–Trinajstić information content (AvgIpc) is 0.857. The van der Waals surface area contributed by atoms with Gasteiger partial charge in [0.2, 0.25) is 47.3 Å². The lowest BCUT2D eigenvalue weighted by Crippen LogP contribution is -2.65. The summed E-state index contributed by atoms with van der Waals surface area (Å²) in [7, 11) is 1.58. The fourth-order valence-electron chi connectivity index (χ4n) is 10.4. The molecule has 3 aromatic carbocycles. The van der Waals surface area contributed by atoms with E-state index >= 15 is 0 Å². The summed E-state index contributed by atoms with van der Waals surface area (Å²) in [5.41, 5.74) is 24.0. The van der Waals surface area contributed by atoms with Crippen LogP contribution in [0.2, 0.25) is 0 Å². The lowest BCUT2D eigenvalue weighted by molar-refractivity contribution is -0.133. The normalized spacial score (nSPS) is 17.3. The molecule has 0 radical (unpaired) electrons. The van der Waals surface area contributed by atoms with Crippen molar-refractivity contribution in [3.05, 3.63) is 75.4 Å². The van der Waals surface area contributed by atoms with E-state index in [1.165, 1.54) is 6.07 Å². The topological polar surface area (TPSA) is 474 Å². The highest BCUT2D eigenvalue weighted by Gasteiger charge is 2.32. The number of nitrogens with one attached hydrogen (secondary N) is 13. The number of hydrogen-bond donors (Lipinski definition) is 18. The number of aromatic hydroxyl groups is 1. The van der Waals surface area contributed by atoms with Gasteiger partial charge in [0.15, 0.2) is 5.96 Å². The van der Waals surface area contributed by atoms with Crippen LogP contribution in [0.4, 0.5) is 0 Å². The first-order valence-electron chi connectivity index (χ1n) is 33.6. The van der Waals surface area contributed by atoms with Gasteiger partial charge in [-0.15, -0.1) is 0 Å². The van der Waals surface area contributed by atoms with Crippen LogP contribution < -0.4 is 92.1 Å². The highest BCUT2D eigenvalue weighted by molar-refractivity contribution is 14.1. The van der Waals surface area contributed by atoms with Crippen LogP contribution in [0.5, 0.6) is 5.75 Å². The van der Waals surface area contributed by atoms with Gasteiger partial charge in [-0.05, 0) is 102 Å². The van der Waals surface area contributed by atoms with Crippen molar-refractivity contribution in [2.24, 2.45) is 33.3 Å². The minimum absolute atomic E-state index is 0.00266. The predicted molar refractivity (Wildman–Crippen MR) is 382 cm³/mol. The van der Waals surface area contributed by atoms with Gasteiger partial charge in [-0.1, -0.05) is 55.5 Å². The second-order valence-corrected chi connectivity index (χ2v) is 25.6. The summed E-state index contributed by atoms with van der Waals surface area (Å²) >= 11 is 1.95. The molecule has 1 aliphatic heterocycles. The van der Waals surface area contributed by atoms with E-state index < -0.39 is 59.9 Å². The summed E-state index contributed by atoms with van der Waals surface area (Å²) < 4.78 is 17.2. The molecule has 546 valence electrons. The largest absolute Gasteiger partial charge is 0.507 e. The lowest BCUT2D eigenvalue weighted by Gasteiger charge is -2.35. The molecule has 0 aromatic heterocycles. The molecule has 98 heavy (non-hydrogen) atoms. The van der Waals surface area contributed by atoms with E-state index in [1.807, 2.05) is 65.1 Å². The molecule has 8 amide bonds. The Bertz CT molecular complexity index is 2970. The van der Waals surface area contributed by atoms with Crippen molar-refractivity contribution in [3.8, 4) is 5.75 Å². The summed E-state index contributed by atoms with van der Waals surface area (Å²) in [6, 6.07) is 13.9. The van der Waals surface area contributed by atoms with Crippen LogP contribution in [0.15, 0.2) is 65.7 Å². The van der Waals surface area contributed by atoms with Crippen molar-refractivity contribution in [1.29, 1.82) is 0 Å². The number of carbonyl (C=O) groups excluding carboxylic acids is 9. The maximum atomic E-state index is 14.2. The van der Waals surface area contributed by atoms with E-state index in [4.69, 9.17) is 37.1 Å². The summed E-state index contributed by atoms with van der Waals surface area (Å²) in [5, 5.41) is 50.7. The summed E-state index contributed by atoms with van der Waals surface area (Å²) in [4.78, 5) is 122. The molecule has 0 aliphatic carbocycles. The minimum Gasteiger partial charge on any atom is -0.507 e. The number of likely N-dealkylation sites (N-methyl/N-ethyl adjacent to an activating group) is 1. The maximum absolute atomic E-state index is 14.2. The molecule has 32 heteroatoms. The molecule has 0 saturated carbocycles. The molecule has 0 spiro atoms. The molecule has 31 nitrogen and oxygen atoms in total. The number of aldehydes is 1. The first kappa shape index (κ1) is 83.2. The second kappa shape index (κ2) is 47.7. The number of nitrogens with two attached hydrogens (primary N) is 4. The zero-order valence-electron chi connectivity index (χ0n) is 56.8. The monoisotopic (exact) mass is 1490 g/mol. The molecular formula is C66H107IN18O13. The highest BCUT2D eigenvalue weighted by Crippen LogP contribution is 2.21. The number of guanidine groups is 1. The number of carbonyl (C=O) groups is 9. The fourth-order valence-corrected chi connectivity index (χ4v) is 10.9. The Labute approximate surface area is 588 Å². The smallest absolute Gasteiger partial charge is 0.243 e. The van der Waals surface area contributed by atoms with Gasteiger partial charge in [-0.3, -0.25) is 43.3 Å². The second-order valence-electron chi connectivity index (χ2n) is 24.5. The van der Waals surface area contributed by atoms with Crippen LogP contribution in [-0.4, -0.2) is 239 Å². The van der Waals surface area contributed by atoms with Gasteiger partial charge in [0.05, 0.1) is 67.4 Å². The molecule has 3 aromatic rings. The molecule has 22 N–H and O–H groups in total. The van der Waals surface area contributed by atoms with Crippen LogP contribution in [0.3, 0.4) is 0 Å². The van der Waals surface area contributed by atoms with E-state index in [2.05, 4.69) is 81.0 Å². The molecular weight excluding hydrogens is 1380 g/mol. The quantitative estimate of drug-likeness (QED) is 0.00864. The average molecular weight is 1490 g/mol. The molecule has 0 bridgehead atoms. The van der Waals surface area contributed by atoms with Gasteiger partial charge in [-0.2, -0.15) is 0 Å². The molecule has 4 atom stereocenters. The standard InChI is InChI=1S/C66H107IN18O13/c1-65(40-68)42-73-22-24-75-44-66(41-69,45-76-25-23-74-43-65)85-59(91)13-5-12-56(88)78-26-28-96-30-32-98-33-31-97-29-27-79-58(90)19-18-57(89)77-20-6-10-52(72-2)62(94)83-53(11-7-21-80-64(70)71)63(95)84-54(37-46-14-16-48-8-3-4-9-49(48)34-46)61(93)81-38-60(92)82-50(39-86)35-47-15-17-55(87)51(67)36-47/h3-4,8-9,14-17,34,36,39,50,52-54,72-76,87H,5-7,10-13,18-33,35,37-38,40-45,68-69H2,1-2H3,(H,77,89)(H,78,88)(H,79,90)(H,81,93)(H,82,92)(H,83,94)(H,84,95)(H,85,91)(H4,70,71,80)/t50-,52-,53+,54+,65?,66?/m1/s1. The van der Waals surface area contributed by atoms with Crippen LogP contribution >= 0.6 is 22.6 Å². The van der Waals surface area contributed by atoms with Gasteiger partial charge in [0.1, 0.15) is 24.1 Å². The number of hydrogen-bond acceptors (Lipinski definition) is 21. The molecule has 1 heterocycles. The summed E-state index contributed by atoms with van der Waals surface area (Å²) in [5.74, 6) is -3.71. The van der Waals surface area contributed by atoms with E-state index in [0.717, 1.165) is 37.0 Å². The Hall–Kier alpha value is -7.25. The number of halogens is 1. The third kappa shape index (κ3) is 34.5. The van der Waals surface area contributed by atoms with Crippen LogP contribution in [-0.2, 0) is 70.2 Å². The predicted octanol–water partition coefficient (Wildman–Crippen LogP) is -3.37. The van der Waals surface area contributed by atoms with E-state index in [9.17, 15) is 48.3 Å². The Morgan fingerprint density at radius 1 is 0.592 bits per heavy atom. The molecule has 1 fully saturated rings. The van der Waals surface area contributed by atoms with Crippen molar-refractivity contribution in [3.63, 3.8) is 0 Å². The first-order valence-corrected chi connectivity index (χ1v) is 34.7. The molecule has 4 rings (SSSR count). The zero-order valence-corrected chi connectivity index (χ0v) is 58.9. The Kier molecular flexibility index (Phi) is 40.5. The number of fused-ring (bicyclic) bond motifs is 1. The molecule has 0 unspecified atom stereocenters. The number of ether oxygens (including phenoxy) is 3. The van der Waals surface area contributed by atoms with E-state index in [-0.39, 0.29) is 145 Å². The fraction of sp³-hybridized carbons (Fsp3) is 0.606.